The molecule has 1 heterocycles. The van der Waals surface area contributed by atoms with Gasteiger partial charge in [0.25, 0.3) is 0 Å². The summed E-state index contributed by atoms with van der Waals surface area (Å²) < 4.78 is 5.54. The number of aryl methyl sites for hydroxylation is 1. The Balaban J connectivity index is 2.53. The van der Waals surface area contributed by atoms with E-state index in [1.165, 1.54) is 0 Å². The van der Waals surface area contributed by atoms with Gasteiger partial charge in [-0.2, -0.15) is 0 Å². The van der Waals surface area contributed by atoms with Gasteiger partial charge in [-0.25, -0.2) is 9.97 Å². The standard InChI is InChI=1S/C14H26N4O/c1-6-15-13-11(4)14(18-12(5)17-13)16-7-8-19-9-10(2)3/h10H,6-9H2,1-5H3,(H2,15,16,17,18). The maximum Gasteiger partial charge on any atom is 0.134 e. The Morgan fingerprint density at radius 3 is 2.32 bits per heavy atom. The smallest absolute Gasteiger partial charge is 0.134 e. The fourth-order valence-electron chi connectivity index (χ4n) is 1.70. The van der Waals surface area contributed by atoms with E-state index in [0.29, 0.717) is 12.5 Å². The molecule has 2 N–H and O–H groups in total. The van der Waals surface area contributed by atoms with Crippen LogP contribution in [-0.2, 0) is 4.74 Å². The van der Waals surface area contributed by atoms with Gasteiger partial charge in [0, 0.05) is 25.3 Å². The summed E-state index contributed by atoms with van der Waals surface area (Å²) in [4.78, 5) is 8.83. The van der Waals surface area contributed by atoms with E-state index < -0.39 is 0 Å². The van der Waals surface area contributed by atoms with Crippen LogP contribution < -0.4 is 10.6 Å². The largest absolute Gasteiger partial charge is 0.379 e. The first-order valence-electron chi connectivity index (χ1n) is 6.95. The molecule has 0 fully saturated rings. The minimum atomic E-state index is 0.573. The average Bonchev–Trinajstić information content (AvgIpc) is 2.34. The van der Waals surface area contributed by atoms with Crippen LogP contribution in [0.3, 0.4) is 0 Å². The van der Waals surface area contributed by atoms with Crippen LogP contribution >= 0.6 is 0 Å². The molecular formula is C14H26N4O. The third kappa shape index (κ3) is 5.42. The van der Waals surface area contributed by atoms with Crippen LogP contribution in [0.4, 0.5) is 11.6 Å². The summed E-state index contributed by atoms with van der Waals surface area (Å²) in [5.74, 6) is 3.13. The topological polar surface area (TPSA) is 59.1 Å². The van der Waals surface area contributed by atoms with Crippen molar-refractivity contribution in [2.24, 2.45) is 5.92 Å². The molecule has 0 amide bonds. The minimum Gasteiger partial charge on any atom is -0.379 e. The Morgan fingerprint density at radius 1 is 1.11 bits per heavy atom. The van der Waals surface area contributed by atoms with Crippen LogP contribution in [0, 0.1) is 19.8 Å². The highest BCUT2D eigenvalue weighted by Gasteiger charge is 2.07. The maximum absolute atomic E-state index is 5.54. The highest BCUT2D eigenvalue weighted by atomic mass is 16.5. The lowest BCUT2D eigenvalue weighted by Crippen LogP contribution is -2.15. The lowest BCUT2D eigenvalue weighted by atomic mass is 10.2. The van der Waals surface area contributed by atoms with Gasteiger partial charge in [0.05, 0.1) is 6.61 Å². The van der Waals surface area contributed by atoms with Crippen molar-refractivity contribution in [3.63, 3.8) is 0 Å². The van der Waals surface area contributed by atoms with E-state index in [4.69, 9.17) is 4.74 Å². The summed E-state index contributed by atoms with van der Waals surface area (Å²) in [5, 5.41) is 6.56. The number of rotatable bonds is 8. The Bertz CT molecular complexity index is 393. The highest BCUT2D eigenvalue weighted by Crippen LogP contribution is 2.19. The molecular weight excluding hydrogens is 240 g/mol. The first kappa shape index (κ1) is 15.7. The lowest BCUT2D eigenvalue weighted by molar-refractivity contribution is 0.118. The van der Waals surface area contributed by atoms with Crippen LogP contribution in [0.1, 0.15) is 32.2 Å². The minimum absolute atomic E-state index is 0.573. The average molecular weight is 266 g/mol. The van der Waals surface area contributed by atoms with E-state index in [2.05, 4.69) is 41.4 Å². The van der Waals surface area contributed by atoms with Crippen LogP contribution in [0.25, 0.3) is 0 Å². The Hall–Kier alpha value is -1.36. The molecule has 0 spiro atoms. The van der Waals surface area contributed by atoms with E-state index in [0.717, 1.165) is 42.7 Å². The van der Waals surface area contributed by atoms with Gasteiger partial charge in [-0.1, -0.05) is 13.8 Å². The van der Waals surface area contributed by atoms with Gasteiger partial charge in [-0.15, -0.1) is 0 Å². The summed E-state index contributed by atoms with van der Waals surface area (Å²) in [5.41, 5.74) is 1.05. The molecule has 0 radical (unpaired) electrons. The molecule has 5 heteroatoms. The number of nitrogens with one attached hydrogen (secondary N) is 2. The molecule has 1 aromatic heterocycles. The Morgan fingerprint density at radius 2 is 1.74 bits per heavy atom. The van der Waals surface area contributed by atoms with Gasteiger partial charge < -0.3 is 15.4 Å². The van der Waals surface area contributed by atoms with Crippen molar-refractivity contribution in [2.45, 2.75) is 34.6 Å². The number of hydrogen-bond donors (Lipinski definition) is 2. The predicted molar refractivity (Wildman–Crippen MR) is 79.8 cm³/mol. The van der Waals surface area contributed by atoms with Crippen LogP contribution in [0.2, 0.25) is 0 Å². The fraction of sp³-hybridized carbons (Fsp3) is 0.714. The van der Waals surface area contributed by atoms with Crippen molar-refractivity contribution in [3.05, 3.63) is 11.4 Å². The zero-order chi connectivity index (χ0) is 14.3. The van der Waals surface area contributed by atoms with Gasteiger partial charge >= 0.3 is 0 Å². The van der Waals surface area contributed by atoms with Crippen molar-refractivity contribution in [3.8, 4) is 0 Å². The molecule has 0 aromatic carbocycles. The van der Waals surface area contributed by atoms with Crippen LogP contribution in [0.15, 0.2) is 0 Å². The summed E-state index contributed by atoms with van der Waals surface area (Å²) in [6.07, 6.45) is 0. The predicted octanol–water partition coefficient (Wildman–Crippen LogP) is 2.61. The molecule has 0 aliphatic carbocycles. The molecule has 0 saturated carbocycles. The number of aromatic nitrogens is 2. The third-order valence-corrected chi connectivity index (χ3v) is 2.59. The third-order valence-electron chi connectivity index (χ3n) is 2.59. The molecule has 0 bridgehead atoms. The van der Waals surface area contributed by atoms with Gasteiger partial charge in [-0.05, 0) is 26.7 Å². The molecule has 0 aliphatic heterocycles. The van der Waals surface area contributed by atoms with Crippen molar-refractivity contribution in [1.82, 2.24) is 9.97 Å². The number of hydrogen-bond acceptors (Lipinski definition) is 5. The highest BCUT2D eigenvalue weighted by molar-refractivity contribution is 5.57. The maximum atomic E-state index is 5.54. The summed E-state index contributed by atoms with van der Waals surface area (Å²) in [6.45, 7) is 13.4. The first-order valence-corrected chi connectivity index (χ1v) is 6.95. The summed E-state index contributed by atoms with van der Waals surface area (Å²) in [6, 6.07) is 0. The molecule has 0 atom stereocenters. The summed E-state index contributed by atoms with van der Waals surface area (Å²) in [7, 11) is 0. The monoisotopic (exact) mass is 266 g/mol. The quantitative estimate of drug-likeness (QED) is 0.708. The molecule has 0 aliphatic rings. The fourth-order valence-corrected chi connectivity index (χ4v) is 1.70. The number of ether oxygens (including phenoxy) is 1. The molecule has 1 rings (SSSR count). The summed E-state index contributed by atoms with van der Waals surface area (Å²) >= 11 is 0. The second-order valence-electron chi connectivity index (χ2n) is 5.02. The second kappa shape index (κ2) is 7.94. The van der Waals surface area contributed by atoms with Gasteiger partial charge in [0.2, 0.25) is 0 Å². The lowest BCUT2D eigenvalue weighted by Gasteiger charge is -2.14. The number of anilines is 2. The second-order valence-corrected chi connectivity index (χ2v) is 5.02. The molecule has 1 aromatic rings. The van der Waals surface area contributed by atoms with Crippen molar-refractivity contribution in [2.75, 3.05) is 36.9 Å². The van der Waals surface area contributed by atoms with Crippen LogP contribution in [-0.4, -0.2) is 36.3 Å². The van der Waals surface area contributed by atoms with Gasteiger partial charge in [0.15, 0.2) is 0 Å². The molecule has 5 nitrogen and oxygen atoms in total. The van der Waals surface area contributed by atoms with E-state index >= 15 is 0 Å². The molecule has 19 heavy (non-hydrogen) atoms. The van der Waals surface area contributed by atoms with E-state index in [-0.39, 0.29) is 0 Å². The Labute approximate surface area is 116 Å². The van der Waals surface area contributed by atoms with Crippen molar-refractivity contribution in [1.29, 1.82) is 0 Å². The zero-order valence-corrected chi connectivity index (χ0v) is 12.7. The van der Waals surface area contributed by atoms with Crippen molar-refractivity contribution >= 4 is 11.6 Å². The van der Waals surface area contributed by atoms with E-state index in [1.54, 1.807) is 0 Å². The first-order chi connectivity index (χ1) is 9.04. The molecule has 0 unspecified atom stereocenters. The SMILES string of the molecule is CCNc1nc(C)nc(NCCOCC(C)C)c1C. The van der Waals surface area contributed by atoms with Gasteiger partial charge in [0.1, 0.15) is 17.5 Å². The van der Waals surface area contributed by atoms with E-state index in [9.17, 15) is 0 Å². The zero-order valence-electron chi connectivity index (χ0n) is 12.7. The number of nitrogens with zero attached hydrogens (tertiary/aromatic N) is 2. The molecule has 108 valence electrons. The molecule has 0 saturated heterocycles. The van der Waals surface area contributed by atoms with E-state index in [1.807, 2.05) is 13.8 Å². The Kier molecular flexibility index (Phi) is 6.56. The van der Waals surface area contributed by atoms with Crippen molar-refractivity contribution < 1.29 is 4.74 Å². The van der Waals surface area contributed by atoms with Gasteiger partial charge in [-0.3, -0.25) is 0 Å². The van der Waals surface area contributed by atoms with Crippen LogP contribution in [0.5, 0.6) is 0 Å². The normalized spacial score (nSPS) is 10.8.